The number of nitrogens with zero attached hydrogens (tertiary/aromatic N) is 2. The average molecular weight is 372 g/mol. The lowest BCUT2D eigenvalue weighted by Gasteiger charge is -2.20. The Morgan fingerprint density at radius 1 is 1.37 bits per heavy atom. The molecule has 1 amide bonds. The minimum absolute atomic E-state index is 0.000182. The molecule has 0 aliphatic carbocycles. The van der Waals surface area contributed by atoms with Gasteiger partial charge in [0.2, 0.25) is 5.91 Å². The standard InChI is InChI=1S/C19H24N4O4/c1-3-4-8-23-17(20)16(18(25)21-19(23)26)22(2)15(24)11-12-5-6-14-13(10-12)7-9-27-14/h5-6,10H,3-4,7-9,11,20H2,1-2H3,(H,21,25,26). The van der Waals surface area contributed by atoms with Gasteiger partial charge in [0.05, 0.1) is 13.0 Å². The predicted molar refractivity (Wildman–Crippen MR) is 103 cm³/mol. The Morgan fingerprint density at radius 3 is 2.89 bits per heavy atom. The molecule has 0 saturated heterocycles. The first-order valence-corrected chi connectivity index (χ1v) is 9.06. The lowest BCUT2D eigenvalue weighted by molar-refractivity contribution is -0.117. The molecule has 1 aromatic carbocycles. The van der Waals surface area contributed by atoms with Crippen LogP contribution in [0.4, 0.5) is 11.5 Å². The Labute approximate surface area is 156 Å². The van der Waals surface area contributed by atoms with Crippen molar-refractivity contribution in [2.45, 2.75) is 39.2 Å². The molecule has 2 aromatic rings. The van der Waals surface area contributed by atoms with Gasteiger partial charge in [-0.15, -0.1) is 0 Å². The van der Waals surface area contributed by atoms with Crippen LogP contribution in [0.2, 0.25) is 0 Å². The summed E-state index contributed by atoms with van der Waals surface area (Å²) in [5.74, 6) is 0.574. The summed E-state index contributed by atoms with van der Waals surface area (Å²) in [4.78, 5) is 40.5. The number of aromatic amines is 1. The number of benzene rings is 1. The molecule has 1 aliphatic heterocycles. The van der Waals surface area contributed by atoms with Gasteiger partial charge in [-0.25, -0.2) is 4.79 Å². The van der Waals surface area contributed by atoms with Crippen LogP contribution in [-0.2, 0) is 24.2 Å². The van der Waals surface area contributed by atoms with Crippen molar-refractivity contribution in [3.8, 4) is 5.75 Å². The molecular formula is C19H24N4O4. The number of nitrogens with one attached hydrogen (secondary N) is 1. The number of nitrogens with two attached hydrogens (primary N) is 1. The van der Waals surface area contributed by atoms with Crippen LogP contribution in [0.3, 0.4) is 0 Å². The average Bonchev–Trinajstić information content (AvgIpc) is 3.09. The number of anilines is 2. The molecule has 27 heavy (non-hydrogen) atoms. The molecule has 1 aliphatic rings. The van der Waals surface area contributed by atoms with Crippen LogP contribution >= 0.6 is 0 Å². The van der Waals surface area contributed by atoms with E-state index >= 15 is 0 Å². The first kappa shape index (κ1) is 18.8. The first-order chi connectivity index (χ1) is 12.9. The topological polar surface area (TPSA) is 110 Å². The van der Waals surface area contributed by atoms with Gasteiger partial charge in [-0.1, -0.05) is 25.5 Å². The molecule has 3 N–H and O–H groups in total. The molecule has 8 nitrogen and oxygen atoms in total. The fourth-order valence-corrected chi connectivity index (χ4v) is 3.21. The van der Waals surface area contributed by atoms with Gasteiger partial charge in [0, 0.05) is 20.0 Å². The fraction of sp³-hybridized carbons (Fsp3) is 0.421. The highest BCUT2D eigenvalue weighted by Gasteiger charge is 2.21. The number of hydrogen-bond acceptors (Lipinski definition) is 5. The third-order valence-corrected chi connectivity index (χ3v) is 4.77. The third kappa shape index (κ3) is 3.74. The van der Waals surface area contributed by atoms with Gasteiger partial charge in [-0.2, -0.15) is 0 Å². The SMILES string of the molecule is CCCCn1c(N)c(N(C)C(=O)Cc2ccc3c(c2)CCO3)c(=O)[nH]c1=O. The molecule has 0 unspecified atom stereocenters. The number of carbonyl (C=O) groups excluding carboxylic acids is 1. The molecule has 0 spiro atoms. The van der Waals surface area contributed by atoms with E-state index in [-0.39, 0.29) is 23.8 Å². The summed E-state index contributed by atoms with van der Waals surface area (Å²) in [5.41, 5.74) is 6.76. The maximum Gasteiger partial charge on any atom is 0.330 e. The van der Waals surface area contributed by atoms with Gasteiger partial charge in [-0.05, 0) is 23.6 Å². The van der Waals surface area contributed by atoms with E-state index < -0.39 is 11.2 Å². The number of amides is 1. The second-order valence-electron chi connectivity index (χ2n) is 6.67. The second-order valence-corrected chi connectivity index (χ2v) is 6.67. The number of fused-ring (bicyclic) bond motifs is 1. The fourth-order valence-electron chi connectivity index (χ4n) is 3.21. The number of aromatic nitrogens is 2. The number of unbranched alkanes of at least 4 members (excludes halogenated alkanes) is 1. The smallest absolute Gasteiger partial charge is 0.330 e. The number of hydrogen-bond donors (Lipinski definition) is 2. The van der Waals surface area contributed by atoms with Gasteiger partial charge < -0.3 is 15.4 Å². The molecule has 0 radical (unpaired) electrons. The van der Waals surface area contributed by atoms with Crippen LogP contribution in [0.5, 0.6) is 5.75 Å². The first-order valence-electron chi connectivity index (χ1n) is 9.06. The maximum atomic E-state index is 12.7. The van der Waals surface area contributed by atoms with E-state index in [0.717, 1.165) is 36.1 Å². The van der Waals surface area contributed by atoms with E-state index in [0.29, 0.717) is 13.2 Å². The van der Waals surface area contributed by atoms with E-state index in [1.54, 1.807) is 0 Å². The van der Waals surface area contributed by atoms with Crippen molar-refractivity contribution < 1.29 is 9.53 Å². The Balaban J connectivity index is 1.86. The number of nitrogen functional groups attached to an aromatic ring is 1. The van der Waals surface area contributed by atoms with Crippen LogP contribution < -0.4 is 26.6 Å². The van der Waals surface area contributed by atoms with E-state index in [9.17, 15) is 14.4 Å². The molecule has 1 aromatic heterocycles. The highest BCUT2D eigenvalue weighted by atomic mass is 16.5. The zero-order valence-corrected chi connectivity index (χ0v) is 15.6. The van der Waals surface area contributed by atoms with Crippen molar-refractivity contribution in [1.82, 2.24) is 9.55 Å². The van der Waals surface area contributed by atoms with E-state index in [1.807, 2.05) is 25.1 Å². The minimum atomic E-state index is -0.663. The van der Waals surface area contributed by atoms with Gasteiger partial charge in [0.15, 0.2) is 5.69 Å². The quantitative estimate of drug-likeness (QED) is 0.788. The number of carbonyl (C=O) groups is 1. The Morgan fingerprint density at radius 2 is 2.15 bits per heavy atom. The van der Waals surface area contributed by atoms with Gasteiger partial charge >= 0.3 is 5.69 Å². The largest absolute Gasteiger partial charge is 0.493 e. The van der Waals surface area contributed by atoms with Gasteiger partial charge in [0.25, 0.3) is 5.56 Å². The van der Waals surface area contributed by atoms with Crippen molar-refractivity contribution in [1.29, 1.82) is 0 Å². The Kier molecular flexibility index (Phi) is 5.34. The summed E-state index contributed by atoms with van der Waals surface area (Å²) in [6, 6.07) is 5.65. The summed E-state index contributed by atoms with van der Waals surface area (Å²) >= 11 is 0. The zero-order chi connectivity index (χ0) is 19.6. The molecule has 0 atom stereocenters. The molecule has 2 heterocycles. The monoisotopic (exact) mass is 372 g/mol. The number of rotatable bonds is 6. The lowest BCUT2D eigenvalue weighted by Crippen LogP contribution is -2.39. The minimum Gasteiger partial charge on any atom is -0.493 e. The molecule has 0 fully saturated rings. The number of likely N-dealkylation sites (N-methyl/N-ethyl adjacent to an activating group) is 1. The van der Waals surface area contributed by atoms with Crippen molar-refractivity contribution in [2.75, 3.05) is 24.3 Å². The summed E-state index contributed by atoms with van der Waals surface area (Å²) in [7, 11) is 1.49. The predicted octanol–water partition coefficient (Wildman–Crippen LogP) is 1.06. The van der Waals surface area contributed by atoms with Crippen LogP contribution in [0.25, 0.3) is 0 Å². The zero-order valence-electron chi connectivity index (χ0n) is 15.6. The van der Waals surface area contributed by atoms with E-state index in [4.69, 9.17) is 10.5 Å². The molecule has 3 rings (SSSR count). The Hall–Kier alpha value is -3.03. The molecule has 0 saturated carbocycles. The molecular weight excluding hydrogens is 348 g/mol. The van der Waals surface area contributed by atoms with Crippen molar-refractivity contribution >= 4 is 17.4 Å². The van der Waals surface area contributed by atoms with Crippen molar-refractivity contribution in [3.63, 3.8) is 0 Å². The molecule has 144 valence electrons. The summed E-state index contributed by atoms with van der Waals surface area (Å²) in [5, 5.41) is 0. The number of ether oxygens (including phenoxy) is 1. The van der Waals surface area contributed by atoms with Crippen molar-refractivity contribution in [2.24, 2.45) is 0 Å². The van der Waals surface area contributed by atoms with E-state index in [2.05, 4.69) is 4.98 Å². The van der Waals surface area contributed by atoms with Crippen LogP contribution in [-0.4, -0.2) is 29.1 Å². The summed E-state index contributed by atoms with van der Waals surface area (Å²) in [6.45, 7) is 3.03. The maximum absolute atomic E-state index is 12.7. The molecule has 0 bridgehead atoms. The normalized spacial score (nSPS) is 12.5. The van der Waals surface area contributed by atoms with Crippen LogP contribution in [0.1, 0.15) is 30.9 Å². The van der Waals surface area contributed by atoms with Gasteiger partial charge in [-0.3, -0.25) is 19.1 Å². The van der Waals surface area contributed by atoms with Gasteiger partial charge in [0.1, 0.15) is 11.6 Å². The molecule has 8 heteroatoms. The summed E-state index contributed by atoms with van der Waals surface area (Å²) in [6.07, 6.45) is 2.56. The Bertz CT molecular complexity index is 977. The highest BCUT2D eigenvalue weighted by molar-refractivity contribution is 5.96. The summed E-state index contributed by atoms with van der Waals surface area (Å²) < 4.78 is 6.78. The second kappa shape index (κ2) is 7.69. The van der Waals surface area contributed by atoms with Crippen molar-refractivity contribution in [3.05, 3.63) is 50.2 Å². The van der Waals surface area contributed by atoms with Crippen LogP contribution in [0.15, 0.2) is 27.8 Å². The van der Waals surface area contributed by atoms with Crippen LogP contribution in [0, 0.1) is 0 Å². The lowest BCUT2D eigenvalue weighted by atomic mass is 10.1. The van der Waals surface area contributed by atoms with E-state index in [1.165, 1.54) is 16.5 Å². The highest BCUT2D eigenvalue weighted by Crippen LogP contribution is 2.26. The number of H-pyrrole nitrogens is 1. The third-order valence-electron chi connectivity index (χ3n) is 4.77.